The van der Waals surface area contributed by atoms with E-state index in [1.807, 2.05) is 78.9 Å². The van der Waals surface area contributed by atoms with E-state index < -0.39 is 6.04 Å². The summed E-state index contributed by atoms with van der Waals surface area (Å²) in [5, 5.41) is 4.10. The number of para-hydroxylation sites is 1. The maximum atomic E-state index is 14.1. The van der Waals surface area contributed by atoms with Gasteiger partial charge in [0.1, 0.15) is 12.4 Å². The van der Waals surface area contributed by atoms with Crippen LogP contribution < -0.4 is 24.9 Å². The lowest BCUT2D eigenvalue weighted by atomic mass is 9.95. The number of aromatic nitrogens is 1. The zero-order valence-corrected chi connectivity index (χ0v) is 25.3. The highest BCUT2D eigenvalue weighted by Crippen LogP contribution is 2.31. The van der Waals surface area contributed by atoms with Crippen LogP contribution in [0.3, 0.4) is 0 Å². The molecule has 0 radical (unpaired) electrons. The van der Waals surface area contributed by atoms with Crippen molar-refractivity contribution >= 4 is 52.2 Å². The van der Waals surface area contributed by atoms with E-state index in [9.17, 15) is 9.59 Å². The zero-order chi connectivity index (χ0) is 29.9. The van der Waals surface area contributed by atoms with Crippen LogP contribution in [-0.4, -0.2) is 10.5 Å². The highest BCUT2D eigenvalue weighted by Gasteiger charge is 2.32. The third kappa shape index (κ3) is 6.20. The summed E-state index contributed by atoms with van der Waals surface area (Å²) in [5.74, 6) is 0.246. The largest absolute Gasteiger partial charge is 0.488 e. The Bertz CT molecular complexity index is 2040. The molecule has 0 spiro atoms. The smallest absolute Gasteiger partial charge is 0.271 e. The fraction of sp³-hybridized carbons (Fsp3) is 0.0882. The van der Waals surface area contributed by atoms with Gasteiger partial charge in [-0.05, 0) is 66.6 Å². The summed E-state index contributed by atoms with van der Waals surface area (Å²) in [6.07, 6.45) is 1.76. The number of carbonyl (C=O) groups excluding carboxylic acids is 1. The second kappa shape index (κ2) is 12.4. The van der Waals surface area contributed by atoms with E-state index in [0.29, 0.717) is 47.6 Å². The average molecular weight is 627 g/mol. The minimum Gasteiger partial charge on any atom is -0.488 e. The molecular formula is C34H25Cl2N3O3S. The molecule has 43 heavy (non-hydrogen) atoms. The predicted octanol–water partition coefficient (Wildman–Crippen LogP) is 6.76. The Kier molecular flexibility index (Phi) is 8.29. The van der Waals surface area contributed by atoms with Crippen LogP contribution in [0.5, 0.6) is 5.75 Å². The third-order valence-electron chi connectivity index (χ3n) is 6.96. The van der Waals surface area contributed by atoms with Crippen LogP contribution in [-0.2, 0) is 11.4 Å². The lowest BCUT2D eigenvalue weighted by Gasteiger charge is -2.25. The van der Waals surface area contributed by atoms with Crippen molar-refractivity contribution < 1.29 is 9.53 Å². The molecule has 0 saturated carbocycles. The molecule has 2 heterocycles. The second-order valence-electron chi connectivity index (χ2n) is 9.91. The Balaban J connectivity index is 1.43. The molecule has 5 aromatic rings. The first-order valence-corrected chi connectivity index (χ1v) is 15.1. The van der Waals surface area contributed by atoms with Crippen molar-refractivity contribution in [3.8, 4) is 5.75 Å². The zero-order valence-electron chi connectivity index (χ0n) is 23.0. The standard InChI is InChI=1S/C34H25Cl2N3O3S/c1-21-30(32(40)38-27-13-6-3-7-14-27)31(23-10-4-2-5-11-23)39-33(41)29(43-34(39)37-21)19-24-18-26(36)15-16-28(24)42-20-22-9-8-12-25(35)17-22/h2-19,31H,20H2,1H3,(H,38,40)/b29-19-/t31-/m0/s1. The Morgan fingerprint density at radius 2 is 1.67 bits per heavy atom. The third-order valence-corrected chi connectivity index (χ3v) is 8.41. The SMILES string of the molecule is CC1=C(C(=O)Nc2ccccc2)[C@H](c2ccccc2)n2c(s/c(=C\c3cc(Cl)ccc3OCc3cccc(Cl)c3)c2=O)=N1. The number of allylic oxidation sites excluding steroid dienone is 1. The Hall–Kier alpha value is -4.43. The van der Waals surface area contributed by atoms with E-state index in [1.54, 1.807) is 41.8 Å². The number of fused-ring (bicyclic) bond motifs is 1. The maximum absolute atomic E-state index is 14.1. The van der Waals surface area contributed by atoms with Gasteiger partial charge >= 0.3 is 0 Å². The number of hydrogen-bond acceptors (Lipinski definition) is 5. The van der Waals surface area contributed by atoms with Gasteiger partial charge in [-0.1, -0.05) is 95.2 Å². The van der Waals surface area contributed by atoms with Gasteiger partial charge in [0.05, 0.1) is 21.8 Å². The quantitative estimate of drug-likeness (QED) is 0.217. The van der Waals surface area contributed by atoms with Crippen LogP contribution in [0.15, 0.2) is 124 Å². The van der Waals surface area contributed by atoms with Crippen LogP contribution in [0.4, 0.5) is 5.69 Å². The van der Waals surface area contributed by atoms with Crippen LogP contribution in [0.2, 0.25) is 10.0 Å². The van der Waals surface area contributed by atoms with Crippen molar-refractivity contribution in [2.24, 2.45) is 4.99 Å². The number of ether oxygens (including phenoxy) is 1. The summed E-state index contributed by atoms with van der Waals surface area (Å²) in [5.41, 5.74) is 3.70. The van der Waals surface area contributed by atoms with Crippen LogP contribution in [0.25, 0.3) is 6.08 Å². The summed E-state index contributed by atoms with van der Waals surface area (Å²) in [7, 11) is 0. The lowest BCUT2D eigenvalue weighted by molar-refractivity contribution is -0.113. The van der Waals surface area contributed by atoms with Gasteiger partial charge in [0.15, 0.2) is 4.80 Å². The van der Waals surface area contributed by atoms with Gasteiger partial charge in [-0.2, -0.15) is 0 Å². The van der Waals surface area contributed by atoms with Crippen LogP contribution >= 0.6 is 34.5 Å². The van der Waals surface area contributed by atoms with Gasteiger partial charge in [-0.15, -0.1) is 0 Å². The number of amides is 1. The molecule has 1 atom stereocenters. The molecule has 6 nitrogen and oxygen atoms in total. The number of halogens is 2. The average Bonchev–Trinajstić information content (AvgIpc) is 3.30. The number of benzene rings is 4. The normalized spacial score (nSPS) is 14.7. The Morgan fingerprint density at radius 3 is 2.42 bits per heavy atom. The fourth-order valence-electron chi connectivity index (χ4n) is 4.98. The van der Waals surface area contributed by atoms with Crippen molar-refractivity contribution in [1.29, 1.82) is 0 Å². The number of thiazole rings is 1. The summed E-state index contributed by atoms with van der Waals surface area (Å²) in [6, 6.07) is 30.8. The molecule has 1 aliphatic rings. The number of nitrogens with one attached hydrogen (secondary N) is 1. The molecule has 214 valence electrons. The van der Waals surface area contributed by atoms with Crippen molar-refractivity contribution in [2.45, 2.75) is 19.6 Å². The maximum Gasteiger partial charge on any atom is 0.271 e. The summed E-state index contributed by atoms with van der Waals surface area (Å²) in [6.45, 7) is 2.09. The van der Waals surface area contributed by atoms with E-state index in [0.717, 1.165) is 11.1 Å². The Labute approximate surface area is 261 Å². The molecule has 0 fully saturated rings. The first kappa shape index (κ1) is 28.7. The number of carbonyl (C=O) groups is 1. The van der Waals surface area contributed by atoms with Gasteiger partial charge in [0.2, 0.25) is 0 Å². The number of anilines is 1. The molecule has 6 rings (SSSR count). The van der Waals surface area contributed by atoms with Gasteiger partial charge < -0.3 is 10.1 Å². The van der Waals surface area contributed by atoms with Crippen LogP contribution in [0.1, 0.15) is 29.7 Å². The monoisotopic (exact) mass is 625 g/mol. The summed E-state index contributed by atoms with van der Waals surface area (Å²) >= 11 is 13.8. The second-order valence-corrected chi connectivity index (χ2v) is 11.8. The van der Waals surface area contributed by atoms with Crippen molar-refractivity contribution in [3.05, 3.63) is 161 Å². The van der Waals surface area contributed by atoms with E-state index in [1.165, 1.54) is 11.3 Å². The number of nitrogens with zero attached hydrogens (tertiary/aromatic N) is 2. The van der Waals surface area contributed by atoms with E-state index in [2.05, 4.69) is 5.32 Å². The molecule has 1 amide bonds. The van der Waals surface area contributed by atoms with E-state index >= 15 is 0 Å². The molecule has 0 aliphatic carbocycles. The lowest BCUT2D eigenvalue weighted by Crippen LogP contribution is -2.40. The minimum absolute atomic E-state index is 0.268. The van der Waals surface area contributed by atoms with Crippen LogP contribution in [0, 0.1) is 0 Å². The fourth-order valence-corrected chi connectivity index (χ4v) is 6.41. The van der Waals surface area contributed by atoms with Crippen molar-refractivity contribution in [3.63, 3.8) is 0 Å². The molecule has 0 unspecified atom stereocenters. The molecular weight excluding hydrogens is 601 g/mol. The molecule has 1 aliphatic heterocycles. The molecule has 9 heteroatoms. The summed E-state index contributed by atoms with van der Waals surface area (Å²) in [4.78, 5) is 33.0. The van der Waals surface area contributed by atoms with Gasteiger partial charge in [-0.3, -0.25) is 14.2 Å². The molecule has 1 aromatic heterocycles. The number of hydrogen-bond donors (Lipinski definition) is 1. The van der Waals surface area contributed by atoms with E-state index in [4.69, 9.17) is 32.9 Å². The van der Waals surface area contributed by atoms with Crippen molar-refractivity contribution in [1.82, 2.24) is 4.57 Å². The molecule has 0 saturated heterocycles. The first-order valence-electron chi connectivity index (χ1n) is 13.5. The van der Waals surface area contributed by atoms with Gasteiger partial charge in [-0.25, -0.2) is 4.99 Å². The highest BCUT2D eigenvalue weighted by molar-refractivity contribution is 7.07. The Morgan fingerprint density at radius 1 is 0.953 bits per heavy atom. The number of rotatable bonds is 7. The molecule has 0 bridgehead atoms. The van der Waals surface area contributed by atoms with Gasteiger partial charge in [0, 0.05) is 21.3 Å². The summed E-state index contributed by atoms with van der Waals surface area (Å²) < 4.78 is 8.15. The van der Waals surface area contributed by atoms with E-state index in [-0.39, 0.29) is 18.1 Å². The highest BCUT2D eigenvalue weighted by atomic mass is 35.5. The van der Waals surface area contributed by atoms with Gasteiger partial charge in [0.25, 0.3) is 11.5 Å². The first-order chi connectivity index (χ1) is 20.9. The molecule has 1 N–H and O–H groups in total. The molecule has 4 aromatic carbocycles. The van der Waals surface area contributed by atoms with Crippen molar-refractivity contribution in [2.75, 3.05) is 5.32 Å². The minimum atomic E-state index is -0.666. The predicted molar refractivity (Wildman–Crippen MR) is 173 cm³/mol. The topological polar surface area (TPSA) is 72.7 Å².